The maximum absolute atomic E-state index is 6.38. The van der Waals surface area contributed by atoms with Gasteiger partial charge in [-0.05, 0) is 43.9 Å². The number of rotatable bonds is 3. The number of hydrogen-bond acceptors (Lipinski definition) is 2. The van der Waals surface area contributed by atoms with Gasteiger partial charge in [0, 0.05) is 18.6 Å². The molecule has 17 heavy (non-hydrogen) atoms. The fourth-order valence-corrected chi connectivity index (χ4v) is 2.91. The summed E-state index contributed by atoms with van der Waals surface area (Å²) in [5, 5.41) is 0.833. The van der Waals surface area contributed by atoms with Gasteiger partial charge in [0.1, 0.15) is 0 Å². The van der Waals surface area contributed by atoms with Crippen molar-refractivity contribution in [2.24, 2.45) is 5.73 Å². The molecule has 0 spiro atoms. The molecule has 1 unspecified atom stereocenters. The Kier molecular flexibility index (Phi) is 3.95. The Labute approximate surface area is 109 Å². The summed E-state index contributed by atoms with van der Waals surface area (Å²) < 4.78 is 0. The zero-order valence-corrected chi connectivity index (χ0v) is 11.4. The van der Waals surface area contributed by atoms with Crippen LogP contribution in [0.5, 0.6) is 0 Å². The molecule has 0 aromatic heterocycles. The van der Waals surface area contributed by atoms with Crippen molar-refractivity contribution < 1.29 is 0 Å². The van der Waals surface area contributed by atoms with E-state index in [2.05, 4.69) is 24.0 Å². The second-order valence-corrected chi connectivity index (χ2v) is 5.30. The van der Waals surface area contributed by atoms with Crippen molar-refractivity contribution in [1.29, 1.82) is 0 Å². The molecule has 3 heteroatoms. The van der Waals surface area contributed by atoms with E-state index < -0.39 is 0 Å². The van der Waals surface area contributed by atoms with Crippen LogP contribution < -0.4 is 10.6 Å². The summed E-state index contributed by atoms with van der Waals surface area (Å²) in [5.41, 5.74) is 8.14. The molecule has 2 N–H and O–H groups in total. The summed E-state index contributed by atoms with van der Waals surface area (Å²) in [5.74, 6) is 0. The minimum atomic E-state index is 0.0436. The van der Waals surface area contributed by atoms with Gasteiger partial charge >= 0.3 is 0 Å². The van der Waals surface area contributed by atoms with E-state index in [-0.39, 0.29) is 6.04 Å². The monoisotopic (exact) mass is 252 g/mol. The molecule has 1 aliphatic heterocycles. The van der Waals surface area contributed by atoms with Crippen molar-refractivity contribution in [3.05, 3.63) is 28.8 Å². The molecule has 1 heterocycles. The lowest BCUT2D eigenvalue weighted by Crippen LogP contribution is -2.28. The topological polar surface area (TPSA) is 29.3 Å². The normalized spacial score (nSPS) is 21.9. The van der Waals surface area contributed by atoms with E-state index in [9.17, 15) is 0 Å². The van der Waals surface area contributed by atoms with Crippen molar-refractivity contribution in [1.82, 2.24) is 0 Å². The standard InChI is InChI=1S/C14H21ClN2/c1-3-12-5-4-8-17(12)14-7-6-11(10(2)16)9-13(14)15/h6-7,9-10,12H,3-5,8,16H2,1-2H3/t10-,12?/m0/s1. The fourth-order valence-electron chi connectivity index (χ4n) is 2.62. The molecule has 1 aromatic carbocycles. The molecule has 0 bridgehead atoms. The molecular weight excluding hydrogens is 232 g/mol. The van der Waals surface area contributed by atoms with Crippen LogP contribution in [0.15, 0.2) is 18.2 Å². The van der Waals surface area contributed by atoms with Gasteiger partial charge in [-0.15, -0.1) is 0 Å². The van der Waals surface area contributed by atoms with Crippen LogP contribution in [0.3, 0.4) is 0 Å². The summed E-state index contributed by atoms with van der Waals surface area (Å²) in [6, 6.07) is 6.91. The molecule has 94 valence electrons. The Hall–Kier alpha value is -0.730. The summed E-state index contributed by atoms with van der Waals surface area (Å²) in [4.78, 5) is 2.44. The molecule has 2 atom stereocenters. The van der Waals surface area contributed by atoms with Gasteiger partial charge in [0.2, 0.25) is 0 Å². The molecule has 1 aliphatic rings. The lowest BCUT2D eigenvalue weighted by molar-refractivity contribution is 0.645. The molecule has 2 rings (SSSR count). The van der Waals surface area contributed by atoms with Crippen molar-refractivity contribution in [3.8, 4) is 0 Å². The van der Waals surface area contributed by atoms with E-state index >= 15 is 0 Å². The van der Waals surface area contributed by atoms with Gasteiger partial charge in [0.25, 0.3) is 0 Å². The van der Waals surface area contributed by atoms with Crippen molar-refractivity contribution in [3.63, 3.8) is 0 Å². The third-order valence-electron chi connectivity index (χ3n) is 3.66. The van der Waals surface area contributed by atoms with Crippen LogP contribution in [0.25, 0.3) is 0 Å². The molecule has 1 fully saturated rings. The van der Waals surface area contributed by atoms with Gasteiger partial charge < -0.3 is 10.6 Å². The summed E-state index contributed by atoms with van der Waals surface area (Å²) in [6.45, 7) is 5.35. The van der Waals surface area contributed by atoms with Crippen LogP contribution in [0.1, 0.15) is 44.7 Å². The molecule has 0 radical (unpaired) electrons. The fraction of sp³-hybridized carbons (Fsp3) is 0.571. The zero-order valence-electron chi connectivity index (χ0n) is 10.6. The Morgan fingerprint density at radius 3 is 2.88 bits per heavy atom. The lowest BCUT2D eigenvalue weighted by Gasteiger charge is -2.27. The molecule has 1 saturated heterocycles. The number of benzene rings is 1. The van der Waals surface area contributed by atoms with E-state index in [1.165, 1.54) is 24.9 Å². The Morgan fingerprint density at radius 1 is 1.53 bits per heavy atom. The van der Waals surface area contributed by atoms with Gasteiger partial charge in [0.15, 0.2) is 0 Å². The third-order valence-corrected chi connectivity index (χ3v) is 3.96. The Balaban J connectivity index is 2.27. The summed E-state index contributed by atoms with van der Waals surface area (Å²) in [6.07, 6.45) is 3.73. The average molecular weight is 253 g/mol. The van der Waals surface area contributed by atoms with E-state index in [1.807, 2.05) is 13.0 Å². The smallest absolute Gasteiger partial charge is 0.0642 e. The van der Waals surface area contributed by atoms with Gasteiger partial charge in [-0.25, -0.2) is 0 Å². The van der Waals surface area contributed by atoms with Crippen LogP contribution in [-0.2, 0) is 0 Å². The highest BCUT2D eigenvalue weighted by Crippen LogP contribution is 2.34. The lowest BCUT2D eigenvalue weighted by atomic mass is 10.1. The highest BCUT2D eigenvalue weighted by atomic mass is 35.5. The molecular formula is C14H21ClN2. The number of hydrogen-bond donors (Lipinski definition) is 1. The van der Waals surface area contributed by atoms with E-state index in [1.54, 1.807) is 0 Å². The second-order valence-electron chi connectivity index (χ2n) is 4.90. The molecule has 0 aliphatic carbocycles. The van der Waals surface area contributed by atoms with Crippen molar-refractivity contribution >= 4 is 17.3 Å². The summed E-state index contributed by atoms with van der Waals surface area (Å²) in [7, 11) is 0. The van der Waals surface area contributed by atoms with Gasteiger partial charge in [-0.1, -0.05) is 24.6 Å². The van der Waals surface area contributed by atoms with Crippen LogP contribution >= 0.6 is 11.6 Å². The third kappa shape index (κ3) is 2.58. The number of anilines is 1. The zero-order chi connectivity index (χ0) is 12.4. The largest absolute Gasteiger partial charge is 0.367 e. The van der Waals surface area contributed by atoms with Crippen LogP contribution in [0, 0.1) is 0 Å². The molecule has 2 nitrogen and oxygen atoms in total. The first kappa shape index (κ1) is 12.7. The van der Waals surface area contributed by atoms with Crippen molar-refractivity contribution in [2.75, 3.05) is 11.4 Å². The molecule has 0 saturated carbocycles. The van der Waals surface area contributed by atoms with E-state index in [4.69, 9.17) is 17.3 Å². The Morgan fingerprint density at radius 2 is 2.29 bits per heavy atom. The van der Waals surface area contributed by atoms with Gasteiger partial charge in [0.05, 0.1) is 10.7 Å². The molecule has 0 amide bonds. The number of nitrogens with two attached hydrogens (primary N) is 1. The molecule has 1 aromatic rings. The number of halogens is 1. The van der Waals surface area contributed by atoms with Gasteiger partial charge in [-0.2, -0.15) is 0 Å². The first-order valence-corrected chi connectivity index (χ1v) is 6.83. The quantitative estimate of drug-likeness (QED) is 0.888. The predicted octanol–water partition coefficient (Wildman–Crippen LogP) is 3.74. The maximum Gasteiger partial charge on any atom is 0.0642 e. The summed E-state index contributed by atoms with van der Waals surface area (Å²) >= 11 is 6.38. The second kappa shape index (κ2) is 5.28. The van der Waals surface area contributed by atoms with Crippen LogP contribution in [0.4, 0.5) is 5.69 Å². The average Bonchev–Trinajstić information content (AvgIpc) is 2.76. The Bertz CT molecular complexity index is 390. The van der Waals surface area contributed by atoms with E-state index in [0.29, 0.717) is 6.04 Å². The van der Waals surface area contributed by atoms with Crippen LogP contribution in [-0.4, -0.2) is 12.6 Å². The highest BCUT2D eigenvalue weighted by Gasteiger charge is 2.24. The number of nitrogens with zero attached hydrogens (tertiary/aromatic N) is 1. The first-order valence-electron chi connectivity index (χ1n) is 6.45. The predicted molar refractivity (Wildman–Crippen MR) is 74.7 cm³/mol. The van der Waals surface area contributed by atoms with E-state index in [0.717, 1.165) is 17.1 Å². The SMILES string of the molecule is CCC1CCCN1c1ccc([C@H](C)N)cc1Cl. The first-order chi connectivity index (χ1) is 8.13. The van der Waals surface area contributed by atoms with Crippen LogP contribution in [0.2, 0.25) is 5.02 Å². The highest BCUT2D eigenvalue weighted by molar-refractivity contribution is 6.33. The van der Waals surface area contributed by atoms with Crippen molar-refractivity contribution in [2.45, 2.75) is 45.2 Å². The minimum Gasteiger partial charge on any atom is -0.367 e. The van der Waals surface area contributed by atoms with Gasteiger partial charge in [-0.3, -0.25) is 0 Å². The maximum atomic E-state index is 6.38. The minimum absolute atomic E-state index is 0.0436.